The van der Waals surface area contributed by atoms with E-state index in [0.717, 1.165) is 37.4 Å². The van der Waals surface area contributed by atoms with Crippen LogP contribution in [0.5, 0.6) is 0 Å². The number of carbonyl (C=O) groups excluding carboxylic acids is 2. The van der Waals surface area contributed by atoms with Gasteiger partial charge in [0.25, 0.3) is 0 Å². The largest absolute Gasteiger partial charge is 0.378 e. The molecule has 6 nitrogen and oxygen atoms in total. The minimum atomic E-state index is -0.612. The number of benzene rings is 2. The molecular formula is C22H27N3O3. The Kier molecular flexibility index (Phi) is 7.03. The van der Waals surface area contributed by atoms with Crippen molar-refractivity contribution in [3.63, 3.8) is 0 Å². The van der Waals surface area contributed by atoms with Gasteiger partial charge in [0.15, 0.2) is 0 Å². The highest BCUT2D eigenvalue weighted by Gasteiger charge is 2.16. The number of rotatable bonds is 6. The van der Waals surface area contributed by atoms with E-state index in [2.05, 4.69) is 39.8 Å². The Labute approximate surface area is 165 Å². The van der Waals surface area contributed by atoms with Crippen LogP contribution in [0.15, 0.2) is 54.6 Å². The highest BCUT2D eigenvalue weighted by atomic mass is 16.5. The van der Waals surface area contributed by atoms with Gasteiger partial charge >= 0.3 is 11.8 Å². The predicted molar refractivity (Wildman–Crippen MR) is 109 cm³/mol. The SMILES string of the molecule is CC(NC(=O)C(=O)NCCc1ccc(N2CCOCC2)cc1)c1ccccc1. The number of hydrogen-bond donors (Lipinski definition) is 2. The van der Waals surface area contributed by atoms with Crippen LogP contribution in [0.1, 0.15) is 24.1 Å². The molecule has 0 aliphatic carbocycles. The van der Waals surface area contributed by atoms with Gasteiger partial charge in [-0.3, -0.25) is 9.59 Å². The molecule has 1 heterocycles. The Morgan fingerprint density at radius 3 is 2.36 bits per heavy atom. The topological polar surface area (TPSA) is 70.7 Å². The third kappa shape index (κ3) is 5.57. The average Bonchev–Trinajstić information content (AvgIpc) is 2.75. The van der Waals surface area contributed by atoms with Crippen molar-refractivity contribution in [2.24, 2.45) is 0 Å². The van der Waals surface area contributed by atoms with Gasteiger partial charge < -0.3 is 20.3 Å². The Hall–Kier alpha value is -2.86. The van der Waals surface area contributed by atoms with Crippen molar-refractivity contribution in [1.29, 1.82) is 0 Å². The lowest BCUT2D eigenvalue weighted by Crippen LogP contribution is -2.41. The molecule has 3 rings (SSSR count). The summed E-state index contributed by atoms with van der Waals surface area (Å²) in [4.78, 5) is 26.4. The summed E-state index contributed by atoms with van der Waals surface area (Å²) in [5, 5.41) is 5.41. The number of carbonyl (C=O) groups is 2. The van der Waals surface area contributed by atoms with E-state index in [9.17, 15) is 9.59 Å². The van der Waals surface area contributed by atoms with Gasteiger partial charge in [0, 0.05) is 25.3 Å². The summed E-state index contributed by atoms with van der Waals surface area (Å²) >= 11 is 0. The zero-order chi connectivity index (χ0) is 19.8. The third-order valence-electron chi connectivity index (χ3n) is 4.87. The van der Waals surface area contributed by atoms with Crippen LogP contribution in [0.25, 0.3) is 0 Å². The monoisotopic (exact) mass is 381 g/mol. The first-order valence-corrected chi connectivity index (χ1v) is 9.69. The van der Waals surface area contributed by atoms with Crippen LogP contribution in [0.2, 0.25) is 0 Å². The van der Waals surface area contributed by atoms with E-state index >= 15 is 0 Å². The highest BCUT2D eigenvalue weighted by Crippen LogP contribution is 2.16. The molecule has 1 saturated heterocycles. The Balaban J connectivity index is 1.41. The lowest BCUT2D eigenvalue weighted by molar-refractivity contribution is -0.139. The standard InChI is InChI=1S/C22H27N3O3/c1-17(19-5-3-2-4-6-19)24-22(27)21(26)23-12-11-18-7-9-20(10-8-18)25-13-15-28-16-14-25/h2-10,17H,11-16H2,1H3,(H,23,26)(H,24,27). The van der Waals surface area contributed by atoms with E-state index in [4.69, 9.17) is 4.74 Å². The molecule has 2 amide bonds. The van der Waals surface area contributed by atoms with Crippen LogP contribution in [-0.2, 0) is 20.7 Å². The van der Waals surface area contributed by atoms with Gasteiger partial charge in [0.05, 0.1) is 19.3 Å². The van der Waals surface area contributed by atoms with Crippen molar-refractivity contribution in [2.45, 2.75) is 19.4 Å². The summed E-state index contributed by atoms with van der Waals surface area (Å²) in [6.45, 7) is 5.62. The minimum absolute atomic E-state index is 0.216. The van der Waals surface area contributed by atoms with E-state index < -0.39 is 11.8 Å². The molecule has 0 bridgehead atoms. The number of nitrogens with zero attached hydrogens (tertiary/aromatic N) is 1. The molecule has 1 aliphatic heterocycles. The molecule has 2 aromatic rings. The molecule has 0 spiro atoms. The maximum Gasteiger partial charge on any atom is 0.309 e. The summed E-state index contributed by atoms with van der Waals surface area (Å²) < 4.78 is 5.37. The maximum absolute atomic E-state index is 12.0. The summed E-state index contributed by atoms with van der Waals surface area (Å²) in [7, 11) is 0. The molecule has 1 fully saturated rings. The molecule has 0 radical (unpaired) electrons. The maximum atomic E-state index is 12.0. The Morgan fingerprint density at radius 2 is 1.68 bits per heavy atom. The van der Waals surface area contributed by atoms with Gasteiger partial charge in [0.2, 0.25) is 0 Å². The first-order valence-electron chi connectivity index (χ1n) is 9.69. The molecule has 2 N–H and O–H groups in total. The van der Waals surface area contributed by atoms with E-state index in [1.54, 1.807) is 0 Å². The second-order valence-electron chi connectivity index (χ2n) is 6.88. The van der Waals surface area contributed by atoms with Crippen LogP contribution < -0.4 is 15.5 Å². The van der Waals surface area contributed by atoms with Gasteiger partial charge in [-0.25, -0.2) is 0 Å². The summed E-state index contributed by atoms with van der Waals surface area (Å²) in [5.74, 6) is -1.22. The van der Waals surface area contributed by atoms with Gasteiger partial charge in [-0.1, -0.05) is 42.5 Å². The number of anilines is 1. The molecule has 1 aliphatic rings. The van der Waals surface area contributed by atoms with Crippen LogP contribution in [-0.4, -0.2) is 44.7 Å². The second-order valence-corrected chi connectivity index (χ2v) is 6.88. The number of amides is 2. The van der Waals surface area contributed by atoms with Crippen molar-refractivity contribution in [3.8, 4) is 0 Å². The van der Waals surface area contributed by atoms with E-state index in [0.29, 0.717) is 13.0 Å². The first-order chi connectivity index (χ1) is 13.6. The van der Waals surface area contributed by atoms with Crippen LogP contribution in [0, 0.1) is 0 Å². The van der Waals surface area contributed by atoms with Crippen molar-refractivity contribution in [1.82, 2.24) is 10.6 Å². The predicted octanol–water partition coefficient (Wildman–Crippen LogP) is 2.06. The number of hydrogen-bond acceptors (Lipinski definition) is 4. The number of nitrogens with one attached hydrogen (secondary N) is 2. The average molecular weight is 381 g/mol. The fraction of sp³-hybridized carbons (Fsp3) is 0.364. The molecule has 28 heavy (non-hydrogen) atoms. The molecule has 6 heteroatoms. The first kappa shape index (κ1) is 19.9. The van der Waals surface area contributed by atoms with E-state index in [-0.39, 0.29) is 6.04 Å². The van der Waals surface area contributed by atoms with E-state index in [1.165, 1.54) is 5.69 Å². The molecule has 1 atom stereocenters. The highest BCUT2D eigenvalue weighted by molar-refractivity contribution is 6.35. The van der Waals surface area contributed by atoms with Crippen LogP contribution in [0.3, 0.4) is 0 Å². The van der Waals surface area contributed by atoms with Gasteiger partial charge in [-0.2, -0.15) is 0 Å². The van der Waals surface area contributed by atoms with Crippen molar-refractivity contribution in [3.05, 3.63) is 65.7 Å². The zero-order valence-electron chi connectivity index (χ0n) is 16.2. The normalized spacial score (nSPS) is 15.0. The fourth-order valence-electron chi connectivity index (χ4n) is 3.18. The third-order valence-corrected chi connectivity index (χ3v) is 4.87. The molecule has 148 valence electrons. The van der Waals surface area contributed by atoms with Crippen LogP contribution in [0.4, 0.5) is 5.69 Å². The van der Waals surface area contributed by atoms with Gasteiger partial charge in [-0.15, -0.1) is 0 Å². The van der Waals surface area contributed by atoms with Gasteiger partial charge in [0.1, 0.15) is 0 Å². The quantitative estimate of drug-likeness (QED) is 0.752. The number of morpholine rings is 1. The zero-order valence-corrected chi connectivity index (χ0v) is 16.2. The molecule has 2 aromatic carbocycles. The lowest BCUT2D eigenvalue weighted by atomic mass is 10.1. The lowest BCUT2D eigenvalue weighted by Gasteiger charge is -2.28. The second kappa shape index (κ2) is 9.90. The Bertz CT molecular complexity index is 771. The summed E-state index contributed by atoms with van der Waals surface area (Å²) in [5.41, 5.74) is 3.27. The molecule has 0 saturated carbocycles. The Morgan fingerprint density at radius 1 is 1.00 bits per heavy atom. The number of ether oxygens (including phenoxy) is 1. The summed E-state index contributed by atoms with van der Waals surface area (Å²) in [6.07, 6.45) is 0.677. The van der Waals surface area contributed by atoms with Crippen molar-refractivity contribution in [2.75, 3.05) is 37.7 Å². The van der Waals surface area contributed by atoms with Gasteiger partial charge in [-0.05, 0) is 36.6 Å². The van der Waals surface area contributed by atoms with Crippen molar-refractivity contribution >= 4 is 17.5 Å². The molecule has 1 unspecified atom stereocenters. The molecule has 0 aromatic heterocycles. The fourth-order valence-corrected chi connectivity index (χ4v) is 3.18. The van der Waals surface area contributed by atoms with E-state index in [1.807, 2.05) is 37.3 Å². The van der Waals surface area contributed by atoms with Crippen molar-refractivity contribution < 1.29 is 14.3 Å². The van der Waals surface area contributed by atoms with Crippen LogP contribution >= 0.6 is 0 Å². The summed E-state index contributed by atoms with van der Waals surface area (Å²) in [6, 6.07) is 17.7. The molecular weight excluding hydrogens is 354 g/mol. The smallest absolute Gasteiger partial charge is 0.309 e. The minimum Gasteiger partial charge on any atom is -0.378 e.